The predicted molar refractivity (Wildman–Crippen MR) is 104 cm³/mol. The molecule has 0 radical (unpaired) electrons. The van der Waals surface area contributed by atoms with Gasteiger partial charge in [-0.3, -0.25) is 4.79 Å². The van der Waals surface area contributed by atoms with Gasteiger partial charge in [0.25, 0.3) is 0 Å². The van der Waals surface area contributed by atoms with Gasteiger partial charge in [0.15, 0.2) is 6.61 Å². The summed E-state index contributed by atoms with van der Waals surface area (Å²) in [6.45, 7) is 7.10. The molecule has 2 aromatic carbocycles. The molecule has 0 N–H and O–H groups in total. The summed E-state index contributed by atoms with van der Waals surface area (Å²) in [5.74, 6) is 0.376. The Kier molecular flexibility index (Phi) is 5.24. The van der Waals surface area contributed by atoms with Gasteiger partial charge in [-0.15, -0.1) is 5.10 Å². The van der Waals surface area contributed by atoms with Crippen LogP contribution in [-0.2, 0) is 15.3 Å². The van der Waals surface area contributed by atoms with Crippen molar-refractivity contribution in [1.82, 2.24) is 5.01 Å². The third kappa shape index (κ3) is 3.83. The Morgan fingerprint density at radius 3 is 2.41 bits per heavy atom. The van der Waals surface area contributed by atoms with Gasteiger partial charge in [0.2, 0.25) is 17.5 Å². The van der Waals surface area contributed by atoms with E-state index in [1.54, 1.807) is 19.1 Å². The van der Waals surface area contributed by atoms with Crippen LogP contribution in [0.1, 0.15) is 30.5 Å². The topological polar surface area (TPSA) is 51.1 Å². The van der Waals surface area contributed by atoms with E-state index in [9.17, 15) is 9.18 Å². The molecular weight excluding hydrogens is 415 g/mol. The molecule has 1 atom stereocenters. The van der Waals surface area contributed by atoms with Gasteiger partial charge in [-0.1, -0.05) is 28.1 Å². The van der Waals surface area contributed by atoms with Crippen molar-refractivity contribution in [2.45, 2.75) is 33.4 Å². The van der Waals surface area contributed by atoms with Crippen LogP contribution in [0.2, 0.25) is 0 Å². The summed E-state index contributed by atoms with van der Waals surface area (Å²) in [6.07, 6.45) is 0. The summed E-state index contributed by atoms with van der Waals surface area (Å²) in [7, 11) is 0. The summed E-state index contributed by atoms with van der Waals surface area (Å²) in [5, 5.41) is 5.53. The first-order valence-electron chi connectivity index (χ1n) is 8.43. The Morgan fingerprint density at radius 2 is 1.85 bits per heavy atom. The smallest absolute Gasteiger partial charge is 0.247 e. The van der Waals surface area contributed by atoms with E-state index < -0.39 is 5.72 Å². The monoisotopic (exact) mass is 434 g/mol. The molecule has 1 heterocycles. The molecule has 5 nitrogen and oxygen atoms in total. The van der Waals surface area contributed by atoms with E-state index in [1.807, 2.05) is 26.0 Å². The number of carbonyl (C=O) groups is 1. The van der Waals surface area contributed by atoms with Gasteiger partial charge in [0.1, 0.15) is 11.6 Å². The highest BCUT2D eigenvalue weighted by molar-refractivity contribution is 9.10. The van der Waals surface area contributed by atoms with Crippen molar-refractivity contribution < 1.29 is 18.7 Å². The molecule has 0 bridgehead atoms. The van der Waals surface area contributed by atoms with Crippen molar-refractivity contribution in [2.24, 2.45) is 5.10 Å². The summed E-state index contributed by atoms with van der Waals surface area (Å²) in [5.41, 5.74) is 1.42. The summed E-state index contributed by atoms with van der Waals surface area (Å²) in [6, 6.07) is 9.73. The number of amides is 1. The van der Waals surface area contributed by atoms with E-state index in [0.29, 0.717) is 5.56 Å². The molecule has 0 saturated heterocycles. The lowest BCUT2D eigenvalue weighted by Crippen LogP contribution is -2.41. The molecule has 0 aromatic heterocycles. The van der Waals surface area contributed by atoms with E-state index >= 15 is 0 Å². The first-order chi connectivity index (χ1) is 12.7. The molecule has 27 heavy (non-hydrogen) atoms. The molecular formula is C20H20BrFN2O3. The van der Waals surface area contributed by atoms with E-state index in [-0.39, 0.29) is 24.2 Å². The van der Waals surface area contributed by atoms with Crippen molar-refractivity contribution in [3.8, 4) is 5.75 Å². The minimum absolute atomic E-state index is 0.0733. The minimum Gasteiger partial charge on any atom is -0.483 e. The number of nitrogens with zero attached hydrogens (tertiary/aromatic N) is 2. The fourth-order valence-electron chi connectivity index (χ4n) is 3.13. The number of benzene rings is 2. The highest BCUT2D eigenvalue weighted by Crippen LogP contribution is 2.35. The quantitative estimate of drug-likeness (QED) is 0.703. The van der Waals surface area contributed by atoms with Crippen molar-refractivity contribution in [3.05, 3.63) is 63.4 Å². The van der Waals surface area contributed by atoms with Crippen LogP contribution < -0.4 is 4.74 Å². The predicted octanol–water partition coefficient (Wildman–Crippen LogP) is 4.65. The van der Waals surface area contributed by atoms with Gasteiger partial charge in [0.05, 0.1) is 0 Å². The Morgan fingerprint density at radius 1 is 1.26 bits per heavy atom. The Labute approximate surface area is 165 Å². The number of hydrogen-bond acceptors (Lipinski definition) is 4. The number of rotatable bonds is 4. The summed E-state index contributed by atoms with van der Waals surface area (Å²) in [4.78, 5) is 12.1. The van der Waals surface area contributed by atoms with Gasteiger partial charge in [0, 0.05) is 23.9 Å². The molecule has 3 rings (SSSR count). The van der Waals surface area contributed by atoms with Gasteiger partial charge in [-0.25, -0.2) is 4.39 Å². The van der Waals surface area contributed by atoms with Crippen molar-refractivity contribution in [1.29, 1.82) is 0 Å². The number of aryl methyl sites for hydroxylation is 2. The summed E-state index contributed by atoms with van der Waals surface area (Å²) < 4.78 is 26.1. The number of ether oxygens (including phenoxy) is 2. The maximum Gasteiger partial charge on any atom is 0.247 e. The molecule has 2 aromatic rings. The molecule has 0 aliphatic carbocycles. The number of hydrazone groups is 1. The number of carbonyl (C=O) groups excluding carboxylic acids is 1. The van der Waals surface area contributed by atoms with Crippen LogP contribution in [0.4, 0.5) is 4.39 Å². The molecule has 0 unspecified atom stereocenters. The van der Waals surface area contributed by atoms with Crippen LogP contribution in [0.3, 0.4) is 0 Å². The number of halogens is 2. The molecule has 1 aliphatic heterocycles. The first kappa shape index (κ1) is 19.4. The van der Waals surface area contributed by atoms with E-state index in [0.717, 1.165) is 21.3 Å². The van der Waals surface area contributed by atoms with Gasteiger partial charge < -0.3 is 9.47 Å². The Hall–Kier alpha value is -2.41. The van der Waals surface area contributed by atoms with Crippen LogP contribution >= 0.6 is 15.9 Å². The Balaban J connectivity index is 1.83. The zero-order chi connectivity index (χ0) is 19.8. The highest BCUT2D eigenvalue weighted by atomic mass is 79.9. The summed E-state index contributed by atoms with van der Waals surface area (Å²) >= 11 is 3.46. The molecule has 7 heteroatoms. The largest absolute Gasteiger partial charge is 0.483 e. The maximum atomic E-state index is 13.3. The highest BCUT2D eigenvalue weighted by Gasteiger charge is 2.44. The van der Waals surface area contributed by atoms with E-state index in [2.05, 4.69) is 21.0 Å². The van der Waals surface area contributed by atoms with Gasteiger partial charge >= 0.3 is 0 Å². The van der Waals surface area contributed by atoms with E-state index in [4.69, 9.17) is 9.47 Å². The molecule has 0 saturated carbocycles. The molecule has 1 amide bonds. The third-order valence-corrected chi connectivity index (χ3v) is 4.83. The van der Waals surface area contributed by atoms with Gasteiger partial charge in [-0.2, -0.15) is 5.01 Å². The molecule has 142 valence electrons. The maximum absolute atomic E-state index is 13.3. The standard InChI is InChI=1S/C20H20BrFN2O3/c1-12-9-16(21)10-13(2)19(12)26-11-18-23-24(14(3)25)20(4,27-18)15-5-7-17(22)8-6-15/h5-10H,11H2,1-4H3/t20-/m0/s1. The zero-order valence-electron chi connectivity index (χ0n) is 15.5. The lowest BCUT2D eigenvalue weighted by molar-refractivity contribution is -0.146. The second-order valence-corrected chi connectivity index (χ2v) is 7.49. The normalized spacial score (nSPS) is 18.9. The van der Waals surface area contributed by atoms with Crippen LogP contribution in [0.25, 0.3) is 0 Å². The average molecular weight is 435 g/mol. The van der Waals surface area contributed by atoms with E-state index in [1.165, 1.54) is 24.1 Å². The van der Waals surface area contributed by atoms with Gasteiger partial charge in [-0.05, 0) is 49.2 Å². The Bertz CT molecular complexity index is 891. The lowest BCUT2D eigenvalue weighted by Gasteiger charge is -2.31. The third-order valence-electron chi connectivity index (χ3n) is 4.38. The molecule has 1 aliphatic rings. The van der Waals surface area contributed by atoms with Crippen LogP contribution in [0, 0.1) is 19.7 Å². The second kappa shape index (κ2) is 7.31. The average Bonchev–Trinajstić information content (AvgIpc) is 2.92. The zero-order valence-corrected chi connectivity index (χ0v) is 17.1. The van der Waals surface area contributed by atoms with Crippen LogP contribution in [0.15, 0.2) is 46.0 Å². The SMILES string of the molecule is CC(=O)N1N=C(COc2c(C)cc(Br)cc2C)O[C@@]1(C)c1ccc(F)cc1. The van der Waals surface area contributed by atoms with Crippen molar-refractivity contribution in [2.75, 3.05) is 6.61 Å². The van der Waals surface area contributed by atoms with Crippen molar-refractivity contribution in [3.63, 3.8) is 0 Å². The first-order valence-corrected chi connectivity index (χ1v) is 9.23. The fourth-order valence-corrected chi connectivity index (χ4v) is 3.82. The lowest BCUT2D eigenvalue weighted by atomic mass is 10.0. The second-order valence-electron chi connectivity index (χ2n) is 6.57. The van der Waals surface area contributed by atoms with Crippen LogP contribution in [0.5, 0.6) is 5.75 Å². The van der Waals surface area contributed by atoms with Crippen molar-refractivity contribution >= 4 is 27.7 Å². The number of hydrogen-bond donors (Lipinski definition) is 0. The molecule has 0 fully saturated rings. The fraction of sp³-hybridized carbons (Fsp3) is 0.300. The minimum atomic E-state index is -1.15. The van der Waals surface area contributed by atoms with Crippen LogP contribution in [-0.4, -0.2) is 23.4 Å². The molecule has 0 spiro atoms.